The van der Waals surface area contributed by atoms with Crippen LogP contribution in [0.15, 0.2) is 36.5 Å². The maximum absolute atomic E-state index is 12.4. The highest BCUT2D eigenvalue weighted by Crippen LogP contribution is 2.15. The molecule has 2 unspecified atom stereocenters. The zero-order valence-electron chi connectivity index (χ0n) is 39.2. The molecule has 0 aliphatic rings. The molecule has 0 saturated heterocycles. The van der Waals surface area contributed by atoms with Gasteiger partial charge in [-0.15, -0.1) is 0 Å². The van der Waals surface area contributed by atoms with Gasteiger partial charge in [0, 0.05) is 12.8 Å². The van der Waals surface area contributed by atoms with Gasteiger partial charge in [0.2, 0.25) is 5.91 Å². The lowest BCUT2D eigenvalue weighted by atomic mass is 10.0. The van der Waals surface area contributed by atoms with Gasteiger partial charge in [-0.05, 0) is 51.4 Å². The van der Waals surface area contributed by atoms with E-state index in [1.807, 2.05) is 12.2 Å². The third kappa shape index (κ3) is 45.4. The second-order valence-corrected chi connectivity index (χ2v) is 17.5. The van der Waals surface area contributed by atoms with Crippen molar-refractivity contribution in [3.05, 3.63) is 36.5 Å². The Hall–Kier alpha value is -1.92. The average Bonchev–Trinajstić information content (AvgIpc) is 3.24. The first-order valence-electron chi connectivity index (χ1n) is 25.8. The van der Waals surface area contributed by atoms with Crippen molar-refractivity contribution in [2.75, 3.05) is 13.2 Å². The summed E-state index contributed by atoms with van der Waals surface area (Å²) in [6.45, 7) is 4.84. The topological polar surface area (TPSA) is 95.9 Å². The van der Waals surface area contributed by atoms with Crippen LogP contribution in [0.1, 0.15) is 264 Å². The van der Waals surface area contributed by atoms with Crippen LogP contribution in [0.3, 0.4) is 0 Å². The van der Waals surface area contributed by atoms with Crippen molar-refractivity contribution in [3.63, 3.8) is 0 Å². The van der Waals surface area contributed by atoms with E-state index in [4.69, 9.17) is 4.74 Å². The van der Waals surface area contributed by atoms with Crippen LogP contribution in [0.2, 0.25) is 0 Å². The number of unbranched alkanes of at least 4 members (excludes halogenated alkanes) is 32. The van der Waals surface area contributed by atoms with E-state index >= 15 is 0 Å². The maximum Gasteiger partial charge on any atom is 0.305 e. The Labute approximate surface area is 366 Å². The summed E-state index contributed by atoms with van der Waals surface area (Å²) in [4.78, 5) is 24.4. The van der Waals surface area contributed by atoms with Gasteiger partial charge in [0.25, 0.3) is 0 Å². The monoisotopic (exact) mass is 830 g/mol. The number of hydrogen-bond acceptors (Lipinski definition) is 5. The molecule has 0 radical (unpaired) electrons. The number of ether oxygens (including phenoxy) is 1. The number of aliphatic hydroxyl groups excluding tert-OH is 2. The molecule has 0 bridgehead atoms. The first-order valence-corrected chi connectivity index (χ1v) is 25.8. The molecule has 0 aromatic rings. The van der Waals surface area contributed by atoms with E-state index in [9.17, 15) is 19.8 Å². The molecule has 0 aromatic heterocycles. The predicted octanol–water partition coefficient (Wildman–Crippen LogP) is 15.3. The first kappa shape index (κ1) is 57.1. The summed E-state index contributed by atoms with van der Waals surface area (Å²) in [5.41, 5.74) is 0. The fourth-order valence-electron chi connectivity index (χ4n) is 7.68. The van der Waals surface area contributed by atoms with Crippen LogP contribution in [0, 0.1) is 0 Å². The van der Waals surface area contributed by atoms with Crippen LogP contribution in [0.25, 0.3) is 0 Å². The molecule has 0 spiro atoms. The molecule has 0 fully saturated rings. The maximum atomic E-state index is 12.4. The molecule has 6 heteroatoms. The molecule has 0 aromatic carbocycles. The molecule has 2 atom stereocenters. The van der Waals surface area contributed by atoms with Crippen molar-refractivity contribution < 1.29 is 24.5 Å². The van der Waals surface area contributed by atoms with Gasteiger partial charge in [-0.3, -0.25) is 9.59 Å². The van der Waals surface area contributed by atoms with Crippen LogP contribution < -0.4 is 5.32 Å². The highest BCUT2D eigenvalue weighted by atomic mass is 16.5. The Balaban J connectivity index is 3.58. The van der Waals surface area contributed by atoms with Crippen LogP contribution in [-0.4, -0.2) is 47.4 Å². The summed E-state index contributed by atoms with van der Waals surface area (Å²) in [6.07, 6.45) is 58.7. The average molecular weight is 830 g/mol. The van der Waals surface area contributed by atoms with Crippen molar-refractivity contribution >= 4 is 11.9 Å². The molecule has 0 aliphatic heterocycles. The normalized spacial score (nSPS) is 12.9. The summed E-state index contributed by atoms with van der Waals surface area (Å²) >= 11 is 0. The van der Waals surface area contributed by atoms with Crippen molar-refractivity contribution in [3.8, 4) is 0 Å². The zero-order chi connectivity index (χ0) is 43.0. The molecule has 59 heavy (non-hydrogen) atoms. The zero-order valence-corrected chi connectivity index (χ0v) is 39.2. The minimum atomic E-state index is -0.878. The summed E-state index contributed by atoms with van der Waals surface area (Å²) in [5.74, 6) is -0.165. The van der Waals surface area contributed by atoms with Crippen molar-refractivity contribution in [1.82, 2.24) is 5.32 Å². The fraction of sp³-hybridized carbons (Fsp3) is 0.849. The second-order valence-electron chi connectivity index (χ2n) is 17.5. The van der Waals surface area contributed by atoms with Crippen molar-refractivity contribution in [1.29, 1.82) is 0 Å². The number of nitrogens with one attached hydrogen (secondary N) is 1. The summed E-state index contributed by atoms with van der Waals surface area (Å²) < 4.78 is 5.45. The van der Waals surface area contributed by atoms with E-state index in [1.54, 1.807) is 6.08 Å². The first-order chi connectivity index (χ1) is 29.0. The Bertz CT molecular complexity index is 962. The van der Waals surface area contributed by atoms with Crippen molar-refractivity contribution in [2.45, 2.75) is 276 Å². The minimum absolute atomic E-state index is 0.0168. The highest BCUT2D eigenvalue weighted by molar-refractivity contribution is 5.76. The summed E-state index contributed by atoms with van der Waals surface area (Å²) in [7, 11) is 0. The number of carbonyl (C=O) groups is 2. The number of aliphatic hydroxyl groups is 2. The van der Waals surface area contributed by atoms with Gasteiger partial charge in [0.05, 0.1) is 25.4 Å². The Morgan fingerprint density at radius 1 is 0.475 bits per heavy atom. The Kier molecular flexibility index (Phi) is 47.2. The van der Waals surface area contributed by atoms with Crippen LogP contribution >= 0.6 is 0 Å². The number of amides is 1. The number of esters is 1. The molecule has 3 N–H and O–H groups in total. The van der Waals surface area contributed by atoms with Gasteiger partial charge in [-0.1, -0.05) is 237 Å². The molecular weight excluding hydrogens is 731 g/mol. The molecule has 0 aliphatic carbocycles. The van der Waals surface area contributed by atoms with E-state index in [1.165, 1.54) is 180 Å². The number of carbonyl (C=O) groups excluding carboxylic acids is 2. The number of rotatable bonds is 47. The predicted molar refractivity (Wildman–Crippen MR) is 255 cm³/mol. The van der Waals surface area contributed by atoms with E-state index in [0.717, 1.165) is 51.4 Å². The molecular formula is C53H99NO5. The quantitative estimate of drug-likeness (QED) is 0.0323. The Morgan fingerprint density at radius 2 is 0.864 bits per heavy atom. The van der Waals surface area contributed by atoms with E-state index < -0.39 is 12.1 Å². The lowest BCUT2D eigenvalue weighted by Crippen LogP contribution is -2.45. The molecule has 0 rings (SSSR count). The number of allylic oxidation sites excluding steroid dienone is 5. The minimum Gasteiger partial charge on any atom is -0.466 e. The fourth-order valence-corrected chi connectivity index (χ4v) is 7.68. The lowest BCUT2D eigenvalue weighted by molar-refractivity contribution is -0.143. The molecule has 1 amide bonds. The van der Waals surface area contributed by atoms with E-state index in [0.29, 0.717) is 25.9 Å². The van der Waals surface area contributed by atoms with Crippen LogP contribution in [0.5, 0.6) is 0 Å². The van der Waals surface area contributed by atoms with Crippen molar-refractivity contribution in [2.24, 2.45) is 0 Å². The summed E-state index contributed by atoms with van der Waals surface area (Å²) in [6, 6.07) is -0.671. The molecule has 0 heterocycles. The Morgan fingerprint density at radius 3 is 1.32 bits per heavy atom. The number of hydrogen-bond donors (Lipinski definition) is 3. The van der Waals surface area contributed by atoms with Gasteiger partial charge < -0.3 is 20.3 Å². The van der Waals surface area contributed by atoms with Gasteiger partial charge >= 0.3 is 5.97 Å². The lowest BCUT2D eigenvalue weighted by Gasteiger charge is -2.19. The van der Waals surface area contributed by atoms with Crippen LogP contribution in [-0.2, 0) is 14.3 Å². The third-order valence-electron chi connectivity index (χ3n) is 11.7. The largest absolute Gasteiger partial charge is 0.466 e. The smallest absolute Gasteiger partial charge is 0.305 e. The standard InChI is InChI=1S/C53H99NO5/c1-3-5-7-9-11-13-15-17-19-21-25-29-33-37-41-45-51(56)50(49-55)54-52(57)46-42-38-34-30-26-22-20-24-28-32-36-40-44-48-59-53(58)47-43-39-35-31-27-23-18-16-14-12-10-8-6-4-2/h22,26,34,38,41,45,50-51,55-56H,3-21,23-25,27-33,35-37,39-40,42-44,46-49H2,1-2H3,(H,54,57)/b26-22-,38-34-,45-41+. The van der Waals surface area contributed by atoms with Gasteiger partial charge in [-0.25, -0.2) is 0 Å². The third-order valence-corrected chi connectivity index (χ3v) is 11.7. The van der Waals surface area contributed by atoms with E-state index in [-0.39, 0.29) is 18.5 Å². The van der Waals surface area contributed by atoms with E-state index in [2.05, 4.69) is 37.4 Å². The highest BCUT2D eigenvalue weighted by Gasteiger charge is 2.17. The summed E-state index contributed by atoms with van der Waals surface area (Å²) in [5, 5.41) is 23.0. The SMILES string of the molecule is CCCCCCCCCCCCCCC/C=C/C(O)C(CO)NC(=O)CC/C=C\C/C=C\CCCCCCCCOC(=O)CCCCCCCCCCCCCCCC. The molecule has 0 saturated carbocycles. The molecule has 6 nitrogen and oxygen atoms in total. The van der Waals surface area contributed by atoms with Gasteiger partial charge in [0.15, 0.2) is 0 Å². The van der Waals surface area contributed by atoms with Gasteiger partial charge in [-0.2, -0.15) is 0 Å². The van der Waals surface area contributed by atoms with Gasteiger partial charge in [0.1, 0.15) is 0 Å². The second kappa shape index (κ2) is 48.7. The molecule has 346 valence electrons. The van der Waals surface area contributed by atoms with Crippen LogP contribution in [0.4, 0.5) is 0 Å².